The summed E-state index contributed by atoms with van der Waals surface area (Å²) in [4.78, 5) is 9.08. The number of nitrogens with zero attached hydrogens (tertiary/aromatic N) is 2. The molecule has 0 spiro atoms. The minimum atomic E-state index is 0.596. The van der Waals surface area contributed by atoms with Gasteiger partial charge in [0.2, 0.25) is 5.95 Å². The fourth-order valence-corrected chi connectivity index (χ4v) is 2.46. The maximum atomic E-state index is 4.58. The average Bonchev–Trinajstić information content (AvgIpc) is 2.53. The van der Waals surface area contributed by atoms with Gasteiger partial charge in [-0.3, -0.25) is 0 Å². The van der Waals surface area contributed by atoms with Crippen LogP contribution in [0.25, 0.3) is 0 Å². The van der Waals surface area contributed by atoms with E-state index in [4.69, 9.17) is 0 Å². The Bertz CT molecular complexity index is 854. The van der Waals surface area contributed by atoms with Crippen LogP contribution < -0.4 is 10.6 Å². The van der Waals surface area contributed by atoms with Crippen LogP contribution in [0.1, 0.15) is 22.4 Å². The van der Waals surface area contributed by atoms with Crippen molar-refractivity contribution in [3.05, 3.63) is 70.9 Å². The van der Waals surface area contributed by atoms with Crippen molar-refractivity contribution in [1.82, 2.24) is 9.97 Å². The lowest BCUT2D eigenvalue weighted by Gasteiger charge is -2.12. The number of hydrogen-bond donors (Lipinski definition) is 2. The Morgan fingerprint density at radius 2 is 1.42 bits per heavy atom. The number of benzene rings is 2. The third-order valence-corrected chi connectivity index (χ3v) is 3.82. The third-order valence-electron chi connectivity index (χ3n) is 3.82. The van der Waals surface area contributed by atoms with Crippen molar-refractivity contribution in [2.24, 2.45) is 0 Å². The van der Waals surface area contributed by atoms with Crippen molar-refractivity contribution in [2.75, 3.05) is 10.6 Å². The lowest BCUT2D eigenvalue weighted by atomic mass is 10.1. The van der Waals surface area contributed by atoms with Crippen molar-refractivity contribution < 1.29 is 0 Å². The quantitative estimate of drug-likeness (QED) is 0.694. The predicted molar refractivity (Wildman–Crippen MR) is 100 cm³/mol. The van der Waals surface area contributed by atoms with Gasteiger partial charge < -0.3 is 10.6 Å². The highest BCUT2D eigenvalue weighted by Gasteiger charge is 2.05. The molecule has 2 N–H and O–H groups in total. The van der Waals surface area contributed by atoms with Crippen LogP contribution in [-0.2, 0) is 0 Å². The van der Waals surface area contributed by atoms with E-state index in [1.54, 1.807) is 0 Å². The largest absolute Gasteiger partial charge is 0.340 e. The smallest absolute Gasteiger partial charge is 0.229 e. The first kappa shape index (κ1) is 16.0. The number of aromatic nitrogens is 2. The molecule has 0 unspecified atom stereocenters. The minimum Gasteiger partial charge on any atom is -0.340 e. The van der Waals surface area contributed by atoms with E-state index in [0.717, 1.165) is 22.9 Å². The zero-order valence-corrected chi connectivity index (χ0v) is 14.5. The summed E-state index contributed by atoms with van der Waals surface area (Å²) in [6.07, 6.45) is 0. The summed E-state index contributed by atoms with van der Waals surface area (Å²) >= 11 is 0. The lowest BCUT2D eigenvalue weighted by molar-refractivity contribution is 1.10. The maximum Gasteiger partial charge on any atom is 0.229 e. The second kappa shape index (κ2) is 6.71. The summed E-state index contributed by atoms with van der Waals surface area (Å²) < 4.78 is 0. The van der Waals surface area contributed by atoms with Crippen LogP contribution >= 0.6 is 0 Å². The van der Waals surface area contributed by atoms with Crippen LogP contribution in [0.2, 0.25) is 0 Å². The summed E-state index contributed by atoms with van der Waals surface area (Å²) in [6, 6.07) is 16.5. The van der Waals surface area contributed by atoms with Gasteiger partial charge in [-0.15, -0.1) is 0 Å². The third kappa shape index (κ3) is 3.90. The maximum absolute atomic E-state index is 4.58. The van der Waals surface area contributed by atoms with Gasteiger partial charge in [0.1, 0.15) is 5.82 Å². The molecule has 0 atom stereocenters. The molecule has 0 radical (unpaired) electrons. The van der Waals surface area contributed by atoms with Crippen LogP contribution in [0.3, 0.4) is 0 Å². The van der Waals surface area contributed by atoms with Gasteiger partial charge in [-0.25, -0.2) is 4.98 Å². The summed E-state index contributed by atoms with van der Waals surface area (Å²) in [5, 5.41) is 6.66. The SMILES string of the molecule is Cc1ccc(Nc2cc(C)nc(Nc3cc(C)ccc3C)n2)cc1. The van der Waals surface area contributed by atoms with Crippen molar-refractivity contribution in [3.63, 3.8) is 0 Å². The molecule has 1 aromatic heterocycles. The number of nitrogens with one attached hydrogen (secondary N) is 2. The first-order chi connectivity index (χ1) is 11.5. The molecule has 122 valence electrons. The molecule has 1 heterocycles. The number of aryl methyl sites for hydroxylation is 4. The van der Waals surface area contributed by atoms with Crippen LogP contribution in [0.5, 0.6) is 0 Å². The molecule has 0 aliphatic carbocycles. The van der Waals surface area contributed by atoms with Gasteiger partial charge in [0, 0.05) is 23.1 Å². The Hall–Kier alpha value is -2.88. The predicted octanol–water partition coefficient (Wildman–Crippen LogP) is 5.20. The van der Waals surface area contributed by atoms with Crippen molar-refractivity contribution in [2.45, 2.75) is 27.7 Å². The molecule has 0 fully saturated rings. The fraction of sp³-hybridized carbons (Fsp3) is 0.200. The van der Waals surface area contributed by atoms with E-state index in [1.807, 2.05) is 25.1 Å². The van der Waals surface area contributed by atoms with E-state index >= 15 is 0 Å². The van der Waals surface area contributed by atoms with E-state index < -0.39 is 0 Å². The second-order valence-electron chi connectivity index (χ2n) is 6.15. The Morgan fingerprint density at radius 3 is 2.17 bits per heavy atom. The second-order valence-corrected chi connectivity index (χ2v) is 6.15. The molecule has 4 nitrogen and oxygen atoms in total. The van der Waals surface area contributed by atoms with Crippen molar-refractivity contribution in [3.8, 4) is 0 Å². The van der Waals surface area contributed by atoms with Crippen LogP contribution in [-0.4, -0.2) is 9.97 Å². The number of rotatable bonds is 4. The van der Waals surface area contributed by atoms with E-state index in [-0.39, 0.29) is 0 Å². The Balaban J connectivity index is 1.85. The molecule has 3 rings (SSSR count). The fourth-order valence-electron chi connectivity index (χ4n) is 2.46. The van der Waals surface area contributed by atoms with Crippen molar-refractivity contribution in [1.29, 1.82) is 0 Å². The van der Waals surface area contributed by atoms with Crippen LogP contribution in [0.4, 0.5) is 23.1 Å². The number of anilines is 4. The molecule has 0 saturated heterocycles. The minimum absolute atomic E-state index is 0.596. The molecule has 4 heteroatoms. The normalized spacial score (nSPS) is 10.5. The van der Waals surface area contributed by atoms with Gasteiger partial charge in [-0.05, 0) is 57.0 Å². The summed E-state index contributed by atoms with van der Waals surface area (Å²) in [5.41, 5.74) is 6.55. The highest BCUT2D eigenvalue weighted by molar-refractivity contribution is 5.62. The van der Waals surface area contributed by atoms with E-state index in [1.165, 1.54) is 16.7 Å². The van der Waals surface area contributed by atoms with Crippen molar-refractivity contribution >= 4 is 23.1 Å². The van der Waals surface area contributed by atoms with Crippen LogP contribution in [0, 0.1) is 27.7 Å². The standard InChI is InChI=1S/C20H22N4/c1-13-6-9-17(10-7-13)22-19-12-16(4)21-20(24-19)23-18-11-14(2)5-8-15(18)3/h5-12H,1-4H3,(H2,21,22,23,24). The molecular formula is C20H22N4. The Morgan fingerprint density at radius 1 is 0.708 bits per heavy atom. The van der Waals surface area contributed by atoms with Gasteiger partial charge >= 0.3 is 0 Å². The van der Waals surface area contributed by atoms with E-state index in [0.29, 0.717) is 5.95 Å². The van der Waals surface area contributed by atoms with Gasteiger partial charge in [-0.1, -0.05) is 29.8 Å². The van der Waals surface area contributed by atoms with E-state index in [9.17, 15) is 0 Å². The zero-order valence-electron chi connectivity index (χ0n) is 14.5. The molecule has 24 heavy (non-hydrogen) atoms. The Kier molecular flexibility index (Phi) is 4.47. The topological polar surface area (TPSA) is 49.8 Å². The molecule has 0 bridgehead atoms. The number of hydrogen-bond acceptors (Lipinski definition) is 4. The Labute approximate surface area is 143 Å². The summed E-state index contributed by atoms with van der Waals surface area (Å²) in [5.74, 6) is 1.37. The molecule has 0 saturated carbocycles. The molecule has 2 aromatic carbocycles. The lowest BCUT2D eigenvalue weighted by Crippen LogP contribution is -2.03. The summed E-state index contributed by atoms with van der Waals surface area (Å²) in [7, 11) is 0. The van der Waals surface area contributed by atoms with Gasteiger partial charge in [-0.2, -0.15) is 4.98 Å². The zero-order chi connectivity index (χ0) is 17.1. The molecule has 0 aliphatic rings. The first-order valence-corrected chi connectivity index (χ1v) is 8.03. The van der Waals surface area contributed by atoms with Crippen LogP contribution in [0.15, 0.2) is 48.5 Å². The average molecular weight is 318 g/mol. The van der Waals surface area contributed by atoms with Gasteiger partial charge in [0.25, 0.3) is 0 Å². The summed E-state index contributed by atoms with van der Waals surface area (Å²) in [6.45, 7) is 8.19. The molecule has 0 amide bonds. The highest BCUT2D eigenvalue weighted by Crippen LogP contribution is 2.22. The molecular weight excluding hydrogens is 296 g/mol. The van der Waals surface area contributed by atoms with Gasteiger partial charge in [0.05, 0.1) is 0 Å². The van der Waals surface area contributed by atoms with E-state index in [2.05, 4.69) is 71.7 Å². The molecule has 3 aromatic rings. The highest BCUT2D eigenvalue weighted by atomic mass is 15.1. The first-order valence-electron chi connectivity index (χ1n) is 8.03. The molecule has 0 aliphatic heterocycles. The monoisotopic (exact) mass is 318 g/mol. The van der Waals surface area contributed by atoms with Gasteiger partial charge in [0.15, 0.2) is 0 Å².